The Balaban J connectivity index is 2.36. The Morgan fingerprint density at radius 1 is 1.31 bits per heavy atom. The van der Waals surface area contributed by atoms with Crippen LogP contribution in [0.1, 0.15) is 51.9 Å². The van der Waals surface area contributed by atoms with Crippen LogP contribution in [0.5, 0.6) is 0 Å². The molecule has 4 nitrogen and oxygen atoms in total. The SMILES string of the molecule is CC1(C(N)CCCS(=O)(=O)O)CCCCC1. The molecule has 3 N–H and O–H groups in total. The molecule has 1 saturated carbocycles. The Bertz CT molecular complexity index is 307. The lowest BCUT2D eigenvalue weighted by Crippen LogP contribution is -2.41. The quantitative estimate of drug-likeness (QED) is 0.730. The summed E-state index contributed by atoms with van der Waals surface area (Å²) in [4.78, 5) is 0. The maximum atomic E-state index is 10.6. The van der Waals surface area contributed by atoms with E-state index in [-0.39, 0.29) is 17.2 Å². The number of hydrogen-bond donors (Lipinski definition) is 2. The fraction of sp³-hybridized carbons (Fsp3) is 1.00. The van der Waals surface area contributed by atoms with Gasteiger partial charge in [0.05, 0.1) is 5.75 Å². The predicted octanol–water partition coefficient (Wildman–Crippen LogP) is 1.95. The van der Waals surface area contributed by atoms with Crippen molar-refractivity contribution < 1.29 is 13.0 Å². The highest BCUT2D eigenvalue weighted by Gasteiger charge is 2.32. The summed E-state index contributed by atoms with van der Waals surface area (Å²) in [5, 5.41) is 0. The van der Waals surface area contributed by atoms with Crippen LogP contribution in [-0.2, 0) is 10.1 Å². The smallest absolute Gasteiger partial charge is 0.264 e. The standard InChI is InChI=1S/C11H23NO3S/c1-11(7-3-2-4-8-11)10(12)6-5-9-16(13,14)15/h10H,2-9,12H2,1H3,(H,13,14,15). The van der Waals surface area contributed by atoms with Crippen molar-refractivity contribution in [1.29, 1.82) is 0 Å². The van der Waals surface area contributed by atoms with E-state index in [0.717, 1.165) is 12.8 Å². The molecule has 96 valence electrons. The first kappa shape index (κ1) is 13.9. The summed E-state index contributed by atoms with van der Waals surface area (Å²) >= 11 is 0. The molecule has 0 amide bonds. The van der Waals surface area contributed by atoms with Gasteiger partial charge in [0.2, 0.25) is 0 Å². The largest absolute Gasteiger partial charge is 0.327 e. The van der Waals surface area contributed by atoms with Crippen molar-refractivity contribution in [2.45, 2.75) is 57.9 Å². The van der Waals surface area contributed by atoms with Gasteiger partial charge in [-0.2, -0.15) is 8.42 Å². The predicted molar refractivity (Wildman–Crippen MR) is 64.8 cm³/mol. The van der Waals surface area contributed by atoms with Gasteiger partial charge >= 0.3 is 0 Å². The Morgan fingerprint density at radius 3 is 2.38 bits per heavy atom. The van der Waals surface area contributed by atoms with Gasteiger partial charge in [-0.3, -0.25) is 4.55 Å². The second kappa shape index (κ2) is 5.47. The zero-order valence-electron chi connectivity index (χ0n) is 9.98. The molecular weight excluding hydrogens is 226 g/mol. The summed E-state index contributed by atoms with van der Waals surface area (Å²) in [6.45, 7) is 2.20. The first-order chi connectivity index (χ1) is 7.33. The van der Waals surface area contributed by atoms with Crippen molar-refractivity contribution in [3.05, 3.63) is 0 Å². The molecule has 1 aliphatic rings. The van der Waals surface area contributed by atoms with Crippen LogP contribution in [0.2, 0.25) is 0 Å². The highest BCUT2D eigenvalue weighted by molar-refractivity contribution is 7.85. The van der Waals surface area contributed by atoms with Crippen molar-refractivity contribution in [2.75, 3.05) is 5.75 Å². The Hall–Kier alpha value is -0.130. The molecule has 0 aromatic rings. The van der Waals surface area contributed by atoms with Gasteiger partial charge in [-0.1, -0.05) is 26.2 Å². The fourth-order valence-electron chi connectivity index (χ4n) is 2.56. The summed E-state index contributed by atoms with van der Waals surface area (Å²) in [6.07, 6.45) is 7.14. The number of nitrogens with two attached hydrogens (primary N) is 1. The van der Waals surface area contributed by atoms with E-state index in [0.29, 0.717) is 12.8 Å². The zero-order chi connectivity index (χ0) is 12.2. The van der Waals surface area contributed by atoms with Crippen LogP contribution in [0.3, 0.4) is 0 Å². The fourth-order valence-corrected chi connectivity index (χ4v) is 3.10. The minimum Gasteiger partial charge on any atom is -0.327 e. The van der Waals surface area contributed by atoms with Gasteiger partial charge in [-0.15, -0.1) is 0 Å². The van der Waals surface area contributed by atoms with Gasteiger partial charge in [0, 0.05) is 6.04 Å². The first-order valence-corrected chi connectivity index (χ1v) is 7.65. The van der Waals surface area contributed by atoms with Gasteiger partial charge < -0.3 is 5.73 Å². The molecule has 0 spiro atoms. The topological polar surface area (TPSA) is 80.4 Å². The molecule has 0 saturated heterocycles. The van der Waals surface area contributed by atoms with Crippen molar-refractivity contribution in [2.24, 2.45) is 11.1 Å². The van der Waals surface area contributed by atoms with Crippen LogP contribution in [0.4, 0.5) is 0 Å². The van der Waals surface area contributed by atoms with Gasteiger partial charge in [0.1, 0.15) is 0 Å². The van der Waals surface area contributed by atoms with Crippen molar-refractivity contribution in [3.63, 3.8) is 0 Å². The lowest BCUT2D eigenvalue weighted by molar-refractivity contribution is 0.162. The zero-order valence-corrected chi connectivity index (χ0v) is 10.8. The second-order valence-corrected chi connectivity index (χ2v) is 6.82. The van der Waals surface area contributed by atoms with Crippen LogP contribution in [0.15, 0.2) is 0 Å². The van der Waals surface area contributed by atoms with E-state index in [1.54, 1.807) is 0 Å². The normalized spacial score (nSPS) is 22.9. The van der Waals surface area contributed by atoms with E-state index < -0.39 is 10.1 Å². The summed E-state index contributed by atoms with van der Waals surface area (Å²) in [5.74, 6) is -0.170. The third-order valence-corrected chi connectivity index (χ3v) is 4.61. The van der Waals surface area contributed by atoms with E-state index in [2.05, 4.69) is 6.92 Å². The van der Waals surface area contributed by atoms with Crippen molar-refractivity contribution >= 4 is 10.1 Å². The number of rotatable bonds is 5. The van der Waals surface area contributed by atoms with E-state index in [1.807, 2.05) is 0 Å². The molecule has 0 heterocycles. The van der Waals surface area contributed by atoms with E-state index >= 15 is 0 Å². The molecule has 1 atom stereocenters. The average Bonchev–Trinajstić information content (AvgIpc) is 2.16. The lowest BCUT2D eigenvalue weighted by atomic mass is 9.70. The molecular formula is C11H23NO3S. The molecule has 0 aromatic carbocycles. The minimum absolute atomic E-state index is 0.0505. The van der Waals surface area contributed by atoms with Gasteiger partial charge in [0.25, 0.3) is 10.1 Å². The molecule has 0 aromatic heterocycles. The number of hydrogen-bond acceptors (Lipinski definition) is 3. The molecule has 1 aliphatic carbocycles. The highest BCUT2D eigenvalue weighted by Crippen LogP contribution is 2.39. The molecule has 5 heteroatoms. The van der Waals surface area contributed by atoms with Crippen LogP contribution in [-0.4, -0.2) is 24.8 Å². The Labute approximate surface area is 98.4 Å². The van der Waals surface area contributed by atoms with E-state index in [4.69, 9.17) is 10.3 Å². The minimum atomic E-state index is -3.83. The third kappa shape index (κ3) is 4.39. The summed E-state index contributed by atoms with van der Waals surface area (Å²) in [6, 6.07) is 0.0505. The van der Waals surface area contributed by atoms with Crippen LogP contribution < -0.4 is 5.73 Å². The summed E-state index contributed by atoms with van der Waals surface area (Å²) in [7, 11) is -3.83. The van der Waals surface area contributed by atoms with Crippen LogP contribution in [0, 0.1) is 5.41 Å². The average molecular weight is 249 g/mol. The molecule has 1 fully saturated rings. The van der Waals surface area contributed by atoms with Crippen molar-refractivity contribution in [1.82, 2.24) is 0 Å². The first-order valence-electron chi connectivity index (χ1n) is 6.04. The van der Waals surface area contributed by atoms with E-state index in [1.165, 1.54) is 19.3 Å². The summed E-state index contributed by atoms with van der Waals surface area (Å²) < 4.78 is 29.8. The van der Waals surface area contributed by atoms with Crippen LogP contribution >= 0.6 is 0 Å². The second-order valence-electron chi connectivity index (χ2n) is 5.25. The maximum absolute atomic E-state index is 10.6. The molecule has 0 bridgehead atoms. The van der Waals surface area contributed by atoms with Gasteiger partial charge in [-0.05, 0) is 31.1 Å². The maximum Gasteiger partial charge on any atom is 0.264 e. The molecule has 0 aliphatic heterocycles. The molecule has 1 unspecified atom stereocenters. The molecule has 0 radical (unpaired) electrons. The summed E-state index contributed by atoms with van der Waals surface area (Å²) in [5.41, 5.74) is 6.30. The molecule has 16 heavy (non-hydrogen) atoms. The monoisotopic (exact) mass is 249 g/mol. The Kier molecular flexibility index (Phi) is 4.76. The molecule has 1 rings (SSSR count). The lowest BCUT2D eigenvalue weighted by Gasteiger charge is -2.39. The van der Waals surface area contributed by atoms with Crippen LogP contribution in [0.25, 0.3) is 0 Å². The third-order valence-electron chi connectivity index (χ3n) is 3.81. The van der Waals surface area contributed by atoms with Crippen molar-refractivity contribution in [3.8, 4) is 0 Å². The Morgan fingerprint density at radius 2 is 1.88 bits per heavy atom. The highest BCUT2D eigenvalue weighted by atomic mass is 32.2. The van der Waals surface area contributed by atoms with E-state index in [9.17, 15) is 8.42 Å². The van der Waals surface area contributed by atoms with Gasteiger partial charge in [0.15, 0.2) is 0 Å². The van der Waals surface area contributed by atoms with Gasteiger partial charge in [-0.25, -0.2) is 0 Å².